The number of aryl methyl sites for hydroxylation is 2. The first-order valence-corrected chi connectivity index (χ1v) is 11.5. The van der Waals surface area contributed by atoms with E-state index in [1.54, 1.807) is 30.2 Å². The number of benzene rings is 1. The van der Waals surface area contributed by atoms with E-state index in [2.05, 4.69) is 39.3 Å². The van der Waals surface area contributed by atoms with Crippen LogP contribution in [-0.2, 0) is 4.79 Å². The lowest BCUT2D eigenvalue weighted by Crippen LogP contribution is -2.28. The Morgan fingerprint density at radius 3 is 2.67 bits per heavy atom. The fourth-order valence-corrected chi connectivity index (χ4v) is 4.74. The van der Waals surface area contributed by atoms with Gasteiger partial charge >= 0.3 is 0 Å². The molecule has 1 aliphatic heterocycles. The molecule has 0 bridgehead atoms. The molecule has 0 unspecified atom stereocenters. The van der Waals surface area contributed by atoms with Crippen molar-refractivity contribution in [2.75, 3.05) is 5.75 Å². The topological polar surface area (TPSA) is 78.4 Å². The Bertz CT molecular complexity index is 1150. The van der Waals surface area contributed by atoms with Crippen molar-refractivity contribution < 1.29 is 4.79 Å². The molecule has 0 spiro atoms. The van der Waals surface area contributed by atoms with Gasteiger partial charge in [0.05, 0.1) is 22.4 Å². The average Bonchev–Trinajstić information content (AvgIpc) is 3.40. The molecule has 3 heterocycles. The van der Waals surface area contributed by atoms with E-state index in [0.29, 0.717) is 22.8 Å². The molecule has 0 radical (unpaired) electrons. The van der Waals surface area contributed by atoms with E-state index < -0.39 is 0 Å². The largest absolute Gasteiger partial charge is 0.301 e. The van der Waals surface area contributed by atoms with Crippen LogP contribution in [0.2, 0.25) is 0 Å². The summed E-state index contributed by atoms with van der Waals surface area (Å²) >= 11 is 2.85. The fourth-order valence-electron chi connectivity index (χ4n) is 3.26. The van der Waals surface area contributed by atoms with Gasteiger partial charge in [-0.2, -0.15) is 5.10 Å². The van der Waals surface area contributed by atoms with Crippen molar-refractivity contribution in [3.8, 4) is 0 Å². The number of carbonyl (C=O) groups excluding carboxylic acids is 1. The second-order valence-electron chi connectivity index (χ2n) is 7.26. The van der Waals surface area contributed by atoms with Crippen molar-refractivity contribution >= 4 is 34.7 Å². The predicted octanol–water partition coefficient (Wildman–Crippen LogP) is 4.23. The highest BCUT2D eigenvalue weighted by Gasteiger charge is 2.33. The van der Waals surface area contributed by atoms with E-state index in [4.69, 9.17) is 0 Å². The standard InChI is InChI=1S/C22H22N4O2S2/c1-13-6-8-16(9-7-13)18-11-17(19-5-4-10-29-19)25-26(18)20(27)12-30-22-23-15(3)14(2)21(28)24-22/h4-10,18H,11-12H2,1-3H3,(H,23,24,28)/t18-/m0/s1. The lowest BCUT2D eigenvalue weighted by atomic mass is 10.00. The van der Waals surface area contributed by atoms with Gasteiger partial charge in [-0.05, 0) is 37.8 Å². The maximum Gasteiger partial charge on any atom is 0.254 e. The lowest BCUT2D eigenvalue weighted by molar-refractivity contribution is -0.130. The van der Waals surface area contributed by atoms with Gasteiger partial charge in [-0.3, -0.25) is 9.59 Å². The number of hydrogen-bond donors (Lipinski definition) is 1. The molecule has 154 valence electrons. The van der Waals surface area contributed by atoms with Crippen LogP contribution in [0.5, 0.6) is 0 Å². The lowest BCUT2D eigenvalue weighted by Gasteiger charge is -2.22. The van der Waals surface area contributed by atoms with E-state index in [0.717, 1.165) is 16.2 Å². The number of nitrogens with zero attached hydrogens (tertiary/aromatic N) is 3. The van der Waals surface area contributed by atoms with Gasteiger partial charge in [0, 0.05) is 17.7 Å². The van der Waals surface area contributed by atoms with E-state index in [1.807, 2.05) is 24.4 Å². The highest BCUT2D eigenvalue weighted by molar-refractivity contribution is 7.99. The summed E-state index contributed by atoms with van der Waals surface area (Å²) in [6.45, 7) is 5.57. The van der Waals surface area contributed by atoms with E-state index in [1.165, 1.54) is 17.3 Å². The molecule has 8 heteroatoms. The van der Waals surface area contributed by atoms with Crippen LogP contribution in [0.4, 0.5) is 0 Å². The second-order valence-corrected chi connectivity index (χ2v) is 9.17. The number of nitrogens with one attached hydrogen (secondary N) is 1. The van der Waals surface area contributed by atoms with Gasteiger partial charge in [-0.25, -0.2) is 9.99 Å². The molecule has 0 saturated heterocycles. The van der Waals surface area contributed by atoms with Gasteiger partial charge in [-0.1, -0.05) is 47.7 Å². The minimum atomic E-state index is -0.172. The van der Waals surface area contributed by atoms with Crippen molar-refractivity contribution in [1.29, 1.82) is 0 Å². The molecule has 30 heavy (non-hydrogen) atoms. The molecular formula is C22H22N4O2S2. The summed E-state index contributed by atoms with van der Waals surface area (Å²) in [6, 6.07) is 12.1. The molecule has 1 amide bonds. The van der Waals surface area contributed by atoms with Crippen LogP contribution in [0.1, 0.15) is 39.7 Å². The minimum Gasteiger partial charge on any atom is -0.301 e. The highest BCUT2D eigenvalue weighted by atomic mass is 32.2. The number of carbonyl (C=O) groups is 1. The van der Waals surface area contributed by atoms with Crippen molar-refractivity contribution in [1.82, 2.24) is 15.0 Å². The zero-order valence-corrected chi connectivity index (χ0v) is 18.6. The molecule has 1 N–H and O–H groups in total. The number of rotatable bonds is 5. The summed E-state index contributed by atoms with van der Waals surface area (Å²) < 4.78 is 0. The monoisotopic (exact) mass is 438 g/mol. The molecule has 1 aromatic carbocycles. The molecular weight excluding hydrogens is 416 g/mol. The molecule has 4 rings (SSSR count). The van der Waals surface area contributed by atoms with Gasteiger partial charge in [0.25, 0.3) is 11.5 Å². The Labute approximate surface area is 183 Å². The molecule has 6 nitrogen and oxygen atoms in total. The third-order valence-electron chi connectivity index (χ3n) is 5.14. The van der Waals surface area contributed by atoms with Gasteiger partial charge < -0.3 is 4.98 Å². The summed E-state index contributed by atoms with van der Waals surface area (Å²) in [5.74, 6) is 0.0349. The van der Waals surface area contributed by atoms with E-state index in [-0.39, 0.29) is 23.3 Å². The van der Waals surface area contributed by atoms with Gasteiger partial charge in [-0.15, -0.1) is 11.3 Å². The molecule has 0 fully saturated rings. The number of aromatic amines is 1. The number of amides is 1. The Morgan fingerprint density at radius 1 is 1.23 bits per heavy atom. The summed E-state index contributed by atoms with van der Waals surface area (Å²) in [7, 11) is 0. The van der Waals surface area contributed by atoms with Gasteiger partial charge in [0.2, 0.25) is 0 Å². The SMILES string of the molecule is Cc1ccc([C@@H]2CC(c3cccs3)=NN2C(=O)CSc2nc(C)c(C)c(=O)[nH]2)cc1. The van der Waals surface area contributed by atoms with Crippen LogP contribution >= 0.6 is 23.1 Å². The third-order valence-corrected chi connectivity index (χ3v) is 6.92. The van der Waals surface area contributed by atoms with Crippen molar-refractivity contribution in [2.24, 2.45) is 5.10 Å². The smallest absolute Gasteiger partial charge is 0.254 e. The van der Waals surface area contributed by atoms with Crippen molar-refractivity contribution in [3.05, 3.63) is 79.4 Å². The molecule has 2 aromatic heterocycles. The first-order chi connectivity index (χ1) is 14.4. The van der Waals surface area contributed by atoms with Crippen LogP contribution in [0.15, 0.2) is 56.8 Å². The number of hydrazone groups is 1. The fraction of sp³-hybridized carbons (Fsp3) is 0.273. The average molecular weight is 439 g/mol. The van der Waals surface area contributed by atoms with Crippen molar-refractivity contribution in [3.63, 3.8) is 0 Å². The predicted molar refractivity (Wildman–Crippen MR) is 121 cm³/mol. The molecule has 1 aliphatic rings. The van der Waals surface area contributed by atoms with Crippen molar-refractivity contribution in [2.45, 2.75) is 38.4 Å². The molecule has 3 aromatic rings. The molecule has 0 aliphatic carbocycles. The number of aromatic nitrogens is 2. The first-order valence-electron chi connectivity index (χ1n) is 9.62. The first kappa shape index (κ1) is 20.6. The summed E-state index contributed by atoms with van der Waals surface area (Å²) in [4.78, 5) is 33.3. The maximum atomic E-state index is 13.1. The van der Waals surface area contributed by atoms with Crippen LogP contribution < -0.4 is 5.56 Å². The summed E-state index contributed by atoms with van der Waals surface area (Å²) in [6.07, 6.45) is 0.679. The Morgan fingerprint density at radius 2 is 2.00 bits per heavy atom. The van der Waals surface area contributed by atoms with Gasteiger partial charge in [0.15, 0.2) is 5.16 Å². The third kappa shape index (κ3) is 4.24. The Kier molecular flexibility index (Phi) is 5.87. The molecule has 0 saturated carbocycles. The maximum absolute atomic E-state index is 13.1. The van der Waals surface area contributed by atoms with Crippen LogP contribution in [0.25, 0.3) is 0 Å². The Hall–Kier alpha value is -2.71. The quantitative estimate of drug-likeness (QED) is 0.478. The highest BCUT2D eigenvalue weighted by Crippen LogP contribution is 2.34. The minimum absolute atomic E-state index is 0.113. The van der Waals surface area contributed by atoms with E-state index in [9.17, 15) is 9.59 Å². The summed E-state index contributed by atoms with van der Waals surface area (Å²) in [5, 5.41) is 8.73. The number of H-pyrrole nitrogens is 1. The van der Waals surface area contributed by atoms with E-state index >= 15 is 0 Å². The number of hydrogen-bond acceptors (Lipinski definition) is 6. The molecule has 1 atom stereocenters. The number of thioether (sulfide) groups is 1. The van der Waals surface area contributed by atoms with Gasteiger partial charge in [0.1, 0.15) is 0 Å². The summed E-state index contributed by atoms with van der Waals surface area (Å²) in [5.41, 5.74) is 4.25. The van der Waals surface area contributed by atoms with Crippen LogP contribution in [-0.4, -0.2) is 32.3 Å². The zero-order valence-electron chi connectivity index (χ0n) is 17.0. The zero-order chi connectivity index (χ0) is 21.3. The Balaban J connectivity index is 1.57. The van der Waals surface area contributed by atoms with Crippen LogP contribution in [0, 0.1) is 20.8 Å². The number of thiophene rings is 1. The normalized spacial score (nSPS) is 16.0. The van der Waals surface area contributed by atoms with Crippen LogP contribution in [0.3, 0.4) is 0 Å². The second kappa shape index (κ2) is 8.57.